The van der Waals surface area contributed by atoms with Crippen LogP contribution < -0.4 is 4.74 Å². The largest absolute Gasteiger partial charge is 0.453 e. The number of hydrogen-bond donors (Lipinski definition) is 0. The van der Waals surface area contributed by atoms with Gasteiger partial charge >= 0.3 is 0 Å². The fourth-order valence-electron chi connectivity index (χ4n) is 1.37. The Morgan fingerprint density at radius 1 is 1.18 bits per heavy atom. The summed E-state index contributed by atoms with van der Waals surface area (Å²) in [5.41, 5.74) is 0.185. The van der Waals surface area contributed by atoms with Gasteiger partial charge in [0, 0.05) is 4.47 Å². The number of aldehydes is 1. The molecule has 2 nitrogen and oxygen atoms in total. The summed E-state index contributed by atoms with van der Waals surface area (Å²) in [6.45, 7) is 0. The van der Waals surface area contributed by atoms with Gasteiger partial charge in [-0.3, -0.25) is 4.79 Å². The van der Waals surface area contributed by atoms with Gasteiger partial charge in [-0.1, -0.05) is 28.1 Å². The fraction of sp³-hybridized carbons (Fsp3) is 0. The molecule has 4 heteroatoms. The van der Waals surface area contributed by atoms with Gasteiger partial charge in [-0.25, -0.2) is 4.39 Å². The molecule has 86 valence electrons. The maximum absolute atomic E-state index is 13.5. The van der Waals surface area contributed by atoms with E-state index in [1.165, 1.54) is 18.2 Å². The number of ether oxygens (including phenoxy) is 1. The Balaban J connectivity index is 2.39. The molecule has 2 aromatic rings. The summed E-state index contributed by atoms with van der Waals surface area (Å²) < 4.78 is 19.7. The molecule has 0 spiro atoms. The number of rotatable bonds is 3. The lowest BCUT2D eigenvalue weighted by Gasteiger charge is -2.08. The minimum absolute atomic E-state index is 0.0550. The zero-order valence-electron chi connectivity index (χ0n) is 8.69. The van der Waals surface area contributed by atoms with Crippen LogP contribution in [0.4, 0.5) is 4.39 Å². The molecule has 0 radical (unpaired) electrons. The highest BCUT2D eigenvalue weighted by molar-refractivity contribution is 9.10. The molecule has 0 saturated carbocycles. The molecule has 0 aliphatic heterocycles. The van der Waals surface area contributed by atoms with Gasteiger partial charge in [0.1, 0.15) is 5.75 Å². The smallest absolute Gasteiger partial charge is 0.173 e. The Morgan fingerprint density at radius 2 is 1.94 bits per heavy atom. The van der Waals surface area contributed by atoms with Gasteiger partial charge in [0.25, 0.3) is 0 Å². The highest BCUT2D eigenvalue weighted by Gasteiger charge is 2.10. The number of hydrogen-bond acceptors (Lipinski definition) is 2. The number of carbonyl (C=O) groups is 1. The minimum Gasteiger partial charge on any atom is -0.453 e. The number of benzene rings is 2. The molecular weight excluding hydrogens is 287 g/mol. The van der Waals surface area contributed by atoms with Crippen LogP contribution in [-0.4, -0.2) is 6.29 Å². The molecule has 17 heavy (non-hydrogen) atoms. The molecule has 0 unspecified atom stereocenters. The lowest BCUT2D eigenvalue weighted by Crippen LogP contribution is -1.93. The molecule has 0 aromatic heterocycles. The van der Waals surface area contributed by atoms with Crippen molar-refractivity contribution in [1.29, 1.82) is 0 Å². The first-order valence-electron chi connectivity index (χ1n) is 4.88. The van der Waals surface area contributed by atoms with Crippen molar-refractivity contribution in [3.05, 3.63) is 58.3 Å². The lowest BCUT2D eigenvalue weighted by atomic mass is 10.2. The molecule has 0 saturated heterocycles. The first-order valence-corrected chi connectivity index (χ1v) is 5.67. The first kappa shape index (κ1) is 11.8. The zero-order valence-corrected chi connectivity index (χ0v) is 10.3. The van der Waals surface area contributed by atoms with Crippen LogP contribution >= 0.6 is 15.9 Å². The zero-order chi connectivity index (χ0) is 12.3. The third-order valence-electron chi connectivity index (χ3n) is 2.14. The normalized spacial score (nSPS) is 10.0. The molecule has 0 amide bonds. The van der Waals surface area contributed by atoms with E-state index in [-0.39, 0.29) is 11.3 Å². The van der Waals surface area contributed by atoms with E-state index in [4.69, 9.17) is 4.74 Å². The highest BCUT2D eigenvalue weighted by Crippen LogP contribution is 2.28. The SMILES string of the molecule is O=Cc1cccc(F)c1Oc1cccc(Br)c1. The second-order valence-electron chi connectivity index (χ2n) is 3.34. The molecule has 0 heterocycles. The van der Waals surface area contributed by atoms with Gasteiger partial charge in [0.2, 0.25) is 0 Å². The predicted molar refractivity (Wildman–Crippen MR) is 66.0 cm³/mol. The summed E-state index contributed by atoms with van der Waals surface area (Å²) in [6.07, 6.45) is 0.566. The molecule has 0 bridgehead atoms. The molecule has 0 aliphatic carbocycles. The Kier molecular flexibility index (Phi) is 3.54. The van der Waals surface area contributed by atoms with Crippen LogP contribution in [0.1, 0.15) is 10.4 Å². The van der Waals surface area contributed by atoms with Crippen LogP contribution in [0.5, 0.6) is 11.5 Å². The van der Waals surface area contributed by atoms with Crippen molar-refractivity contribution in [2.75, 3.05) is 0 Å². The summed E-state index contributed by atoms with van der Waals surface area (Å²) in [5, 5.41) is 0. The average Bonchev–Trinajstić information content (AvgIpc) is 2.32. The van der Waals surface area contributed by atoms with Crippen molar-refractivity contribution in [2.45, 2.75) is 0 Å². The van der Waals surface area contributed by atoms with Crippen molar-refractivity contribution in [3.8, 4) is 11.5 Å². The Labute approximate surface area is 106 Å². The average molecular weight is 295 g/mol. The van der Waals surface area contributed by atoms with Gasteiger partial charge in [-0.15, -0.1) is 0 Å². The summed E-state index contributed by atoms with van der Waals surface area (Å²) >= 11 is 3.29. The fourth-order valence-corrected chi connectivity index (χ4v) is 1.75. The topological polar surface area (TPSA) is 26.3 Å². The second-order valence-corrected chi connectivity index (χ2v) is 4.25. The molecule has 2 aromatic carbocycles. The number of halogens is 2. The van der Waals surface area contributed by atoms with Crippen LogP contribution in [-0.2, 0) is 0 Å². The van der Waals surface area contributed by atoms with Gasteiger partial charge in [-0.05, 0) is 30.3 Å². The van der Waals surface area contributed by atoms with Crippen LogP contribution in [0.15, 0.2) is 46.9 Å². The lowest BCUT2D eigenvalue weighted by molar-refractivity contribution is 0.112. The van der Waals surface area contributed by atoms with Crippen molar-refractivity contribution < 1.29 is 13.9 Å². The van der Waals surface area contributed by atoms with E-state index in [1.807, 2.05) is 6.07 Å². The number of carbonyl (C=O) groups excluding carboxylic acids is 1. The van der Waals surface area contributed by atoms with E-state index < -0.39 is 5.82 Å². The maximum Gasteiger partial charge on any atom is 0.173 e. The molecule has 0 aliphatic rings. The maximum atomic E-state index is 13.5. The van der Waals surface area contributed by atoms with Crippen molar-refractivity contribution in [3.63, 3.8) is 0 Å². The Hall–Kier alpha value is -1.68. The van der Waals surface area contributed by atoms with E-state index in [1.54, 1.807) is 18.2 Å². The molecule has 0 fully saturated rings. The third kappa shape index (κ3) is 2.71. The molecular formula is C13H8BrFO2. The van der Waals surface area contributed by atoms with E-state index in [9.17, 15) is 9.18 Å². The molecule has 0 atom stereocenters. The summed E-state index contributed by atoms with van der Waals surface area (Å²) in [7, 11) is 0. The van der Waals surface area contributed by atoms with E-state index in [0.717, 1.165) is 4.47 Å². The highest BCUT2D eigenvalue weighted by atomic mass is 79.9. The van der Waals surface area contributed by atoms with Gasteiger partial charge in [-0.2, -0.15) is 0 Å². The van der Waals surface area contributed by atoms with Crippen molar-refractivity contribution in [1.82, 2.24) is 0 Å². The van der Waals surface area contributed by atoms with Gasteiger partial charge in [0.05, 0.1) is 5.56 Å². The second kappa shape index (κ2) is 5.10. The first-order chi connectivity index (χ1) is 8.20. The Bertz CT molecular complexity index is 555. The predicted octanol–water partition coefficient (Wildman–Crippen LogP) is 4.19. The van der Waals surface area contributed by atoms with E-state index in [0.29, 0.717) is 12.0 Å². The minimum atomic E-state index is -0.561. The summed E-state index contributed by atoms with van der Waals surface area (Å²) in [6, 6.07) is 11.2. The standard InChI is InChI=1S/C13H8BrFO2/c14-10-4-2-5-11(7-10)17-13-9(8-16)3-1-6-12(13)15/h1-8H. The van der Waals surface area contributed by atoms with Crippen molar-refractivity contribution >= 4 is 22.2 Å². The summed E-state index contributed by atoms with van der Waals surface area (Å²) in [4.78, 5) is 10.8. The summed E-state index contributed by atoms with van der Waals surface area (Å²) in [5.74, 6) is -0.150. The monoisotopic (exact) mass is 294 g/mol. The molecule has 0 N–H and O–H groups in total. The Morgan fingerprint density at radius 3 is 2.65 bits per heavy atom. The van der Waals surface area contributed by atoms with E-state index >= 15 is 0 Å². The van der Waals surface area contributed by atoms with Crippen LogP contribution in [0, 0.1) is 5.82 Å². The molecule has 2 rings (SSSR count). The van der Waals surface area contributed by atoms with Crippen LogP contribution in [0.2, 0.25) is 0 Å². The van der Waals surface area contributed by atoms with E-state index in [2.05, 4.69) is 15.9 Å². The third-order valence-corrected chi connectivity index (χ3v) is 2.63. The van der Waals surface area contributed by atoms with Crippen LogP contribution in [0.3, 0.4) is 0 Å². The van der Waals surface area contributed by atoms with Gasteiger partial charge < -0.3 is 4.74 Å². The van der Waals surface area contributed by atoms with Crippen LogP contribution in [0.25, 0.3) is 0 Å². The quantitative estimate of drug-likeness (QED) is 0.793. The van der Waals surface area contributed by atoms with Crippen molar-refractivity contribution in [2.24, 2.45) is 0 Å². The van der Waals surface area contributed by atoms with Gasteiger partial charge in [0.15, 0.2) is 17.9 Å². The number of para-hydroxylation sites is 1.